The van der Waals surface area contributed by atoms with E-state index in [1.807, 2.05) is 0 Å². The van der Waals surface area contributed by atoms with Crippen LogP contribution in [0.15, 0.2) is 6.07 Å². The third-order valence-corrected chi connectivity index (χ3v) is 2.70. The van der Waals surface area contributed by atoms with Crippen LogP contribution in [0.5, 0.6) is 0 Å². The molecular formula is C8H2F5IN2. The highest BCUT2D eigenvalue weighted by molar-refractivity contribution is 14.1. The first kappa shape index (κ1) is 13.1. The SMILES string of the molecule is N#Cc1nc(C(F)F)cc(C(F)(F)F)c1I. The van der Waals surface area contributed by atoms with E-state index in [0.717, 1.165) is 0 Å². The topological polar surface area (TPSA) is 36.7 Å². The number of hydrogen-bond acceptors (Lipinski definition) is 2. The fourth-order valence-corrected chi connectivity index (χ4v) is 1.64. The molecule has 8 heteroatoms. The molecule has 0 aromatic carbocycles. The van der Waals surface area contributed by atoms with Gasteiger partial charge in [0.2, 0.25) is 0 Å². The summed E-state index contributed by atoms with van der Waals surface area (Å²) in [5.41, 5.74) is -2.97. The number of rotatable bonds is 1. The van der Waals surface area contributed by atoms with E-state index in [9.17, 15) is 22.0 Å². The Labute approximate surface area is 100 Å². The third-order valence-electron chi connectivity index (χ3n) is 1.61. The lowest BCUT2D eigenvalue weighted by Gasteiger charge is -2.11. The van der Waals surface area contributed by atoms with Crippen LogP contribution in [0.3, 0.4) is 0 Å². The molecule has 0 unspecified atom stereocenters. The molecule has 0 atom stereocenters. The van der Waals surface area contributed by atoms with Gasteiger partial charge in [-0.1, -0.05) is 0 Å². The summed E-state index contributed by atoms with van der Waals surface area (Å²) in [5, 5.41) is 8.49. The Hall–Kier alpha value is -0.980. The molecule has 1 aromatic rings. The van der Waals surface area contributed by atoms with Crippen molar-refractivity contribution in [2.24, 2.45) is 0 Å². The predicted molar refractivity (Wildman–Crippen MR) is 51.6 cm³/mol. The fraction of sp³-hybridized carbons (Fsp3) is 0.250. The Bertz CT molecular complexity index is 449. The predicted octanol–water partition coefficient (Wildman–Crippen LogP) is 3.51. The number of hydrogen-bond donors (Lipinski definition) is 0. The van der Waals surface area contributed by atoms with E-state index in [4.69, 9.17) is 5.26 Å². The van der Waals surface area contributed by atoms with Gasteiger partial charge in [0.15, 0.2) is 5.69 Å². The van der Waals surface area contributed by atoms with Crippen LogP contribution in [0.25, 0.3) is 0 Å². The van der Waals surface area contributed by atoms with Crippen molar-refractivity contribution in [2.75, 3.05) is 0 Å². The smallest absolute Gasteiger partial charge is 0.235 e. The molecule has 0 amide bonds. The number of nitriles is 1. The standard InChI is InChI=1S/C8H2F5IN2/c9-7(10)4-1-3(8(11,12)13)6(14)5(2-15)16-4/h1,7H. The summed E-state index contributed by atoms with van der Waals surface area (Å²) in [7, 11) is 0. The molecule has 0 fully saturated rings. The molecule has 0 aliphatic carbocycles. The lowest BCUT2D eigenvalue weighted by molar-refractivity contribution is -0.138. The number of nitrogens with zero attached hydrogens (tertiary/aromatic N) is 2. The second-order valence-corrected chi connectivity index (χ2v) is 3.75. The molecule has 16 heavy (non-hydrogen) atoms. The monoisotopic (exact) mass is 348 g/mol. The first-order valence-corrected chi connectivity index (χ1v) is 4.81. The zero-order valence-electron chi connectivity index (χ0n) is 7.32. The summed E-state index contributed by atoms with van der Waals surface area (Å²) in [5.74, 6) is 0. The molecule has 0 spiro atoms. The van der Waals surface area contributed by atoms with Gasteiger partial charge in [-0.3, -0.25) is 0 Å². The number of aromatic nitrogens is 1. The Balaban J connectivity index is 3.50. The quantitative estimate of drug-likeness (QED) is 0.575. The van der Waals surface area contributed by atoms with E-state index in [1.54, 1.807) is 0 Å². The summed E-state index contributed by atoms with van der Waals surface area (Å²) in [6, 6.07) is 1.61. The van der Waals surface area contributed by atoms with Crippen molar-refractivity contribution in [3.63, 3.8) is 0 Å². The highest BCUT2D eigenvalue weighted by Crippen LogP contribution is 2.35. The minimum absolute atomic E-state index is 0.257. The van der Waals surface area contributed by atoms with Crippen molar-refractivity contribution >= 4 is 22.6 Å². The molecular weight excluding hydrogens is 346 g/mol. The molecule has 86 valence electrons. The van der Waals surface area contributed by atoms with Crippen LogP contribution in [-0.4, -0.2) is 4.98 Å². The van der Waals surface area contributed by atoms with Gasteiger partial charge in [-0.2, -0.15) is 18.4 Å². The molecule has 0 bridgehead atoms. The maximum Gasteiger partial charge on any atom is 0.417 e. The summed E-state index contributed by atoms with van der Waals surface area (Å²) in [6.45, 7) is 0. The van der Waals surface area contributed by atoms with E-state index < -0.39 is 33.1 Å². The van der Waals surface area contributed by atoms with Crippen LogP contribution in [0.2, 0.25) is 0 Å². The van der Waals surface area contributed by atoms with E-state index in [-0.39, 0.29) is 6.07 Å². The van der Waals surface area contributed by atoms with Crippen LogP contribution in [-0.2, 0) is 6.18 Å². The third kappa shape index (κ3) is 2.58. The average Bonchev–Trinajstić information content (AvgIpc) is 2.15. The highest BCUT2D eigenvalue weighted by atomic mass is 127. The molecule has 0 saturated heterocycles. The number of pyridine rings is 1. The largest absolute Gasteiger partial charge is 0.417 e. The molecule has 0 saturated carbocycles. The first-order chi connectivity index (χ1) is 7.27. The van der Waals surface area contributed by atoms with Gasteiger partial charge in [-0.25, -0.2) is 13.8 Å². The average molecular weight is 348 g/mol. The minimum atomic E-state index is -4.78. The zero-order chi connectivity index (χ0) is 12.5. The van der Waals surface area contributed by atoms with E-state index >= 15 is 0 Å². The van der Waals surface area contributed by atoms with Crippen LogP contribution in [0.4, 0.5) is 22.0 Å². The van der Waals surface area contributed by atoms with Gasteiger partial charge in [-0.15, -0.1) is 0 Å². The lowest BCUT2D eigenvalue weighted by atomic mass is 10.2. The fourth-order valence-electron chi connectivity index (χ4n) is 0.941. The van der Waals surface area contributed by atoms with Crippen LogP contribution in [0.1, 0.15) is 23.4 Å². The van der Waals surface area contributed by atoms with Gasteiger partial charge in [-0.05, 0) is 28.7 Å². The number of halogens is 6. The van der Waals surface area contributed by atoms with Gasteiger partial charge >= 0.3 is 6.18 Å². The summed E-state index contributed by atoms with van der Waals surface area (Å²) >= 11 is 1.26. The lowest BCUT2D eigenvalue weighted by Crippen LogP contribution is -2.11. The highest BCUT2D eigenvalue weighted by Gasteiger charge is 2.35. The first-order valence-electron chi connectivity index (χ1n) is 3.73. The molecule has 0 aliphatic heterocycles. The van der Waals surface area contributed by atoms with Gasteiger partial charge in [0.05, 0.1) is 9.13 Å². The van der Waals surface area contributed by atoms with Gasteiger partial charge in [0, 0.05) is 0 Å². The normalized spacial score (nSPS) is 11.6. The minimum Gasteiger partial charge on any atom is -0.235 e. The summed E-state index contributed by atoms with van der Waals surface area (Å²) in [6.07, 6.45) is -7.93. The molecule has 2 nitrogen and oxygen atoms in total. The van der Waals surface area contributed by atoms with Crippen molar-refractivity contribution in [2.45, 2.75) is 12.6 Å². The van der Waals surface area contributed by atoms with Gasteiger partial charge in [0.1, 0.15) is 11.8 Å². The van der Waals surface area contributed by atoms with Crippen LogP contribution >= 0.6 is 22.6 Å². The van der Waals surface area contributed by atoms with Gasteiger partial charge in [0.25, 0.3) is 6.43 Å². The van der Waals surface area contributed by atoms with Crippen molar-refractivity contribution < 1.29 is 22.0 Å². The maximum absolute atomic E-state index is 12.4. The van der Waals surface area contributed by atoms with Crippen molar-refractivity contribution in [1.29, 1.82) is 5.26 Å². The van der Waals surface area contributed by atoms with Crippen molar-refractivity contribution in [3.05, 3.63) is 26.6 Å². The summed E-state index contributed by atoms with van der Waals surface area (Å²) in [4.78, 5) is 3.15. The Morgan fingerprint density at radius 2 is 1.94 bits per heavy atom. The van der Waals surface area contributed by atoms with Crippen LogP contribution in [0, 0.1) is 14.9 Å². The molecule has 0 aliphatic rings. The van der Waals surface area contributed by atoms with E-state index in [2.05, 4.69) is 4.98 Å². The molecule has 0 radical (unpaired) electrons. The Kier molecular flexibility index (Phi) is 3.67. The Morgan fingerprint density at radius 3 is 2.31 bits per heavy atom. The summed E-state index contributed by atoms with van der Waals surface area (Å²) < 4.78 is 61.3. The van der Waals surface area contributed by atoms with E-state index in [0.29, 0.717) is 0 Å². The van der Waals surface area contributed by atoms with Crippen LogP contribution < -0.4 is 0 Å². The Morgan fingerprint density at radius 1 is 1.38 bits per heavy atom. The molecule has 1 aromatic heterocycles. The second kappa shape index (κ2) is 4.48. The zero-order valence-corrected chi connectivity index (χ0v) is 9.47. The number of alkyl halides is 5. The maximum atomic E-state index is 12.4. The van der Waals surface area contributed by atoms with E-state index in [1.165, 1.54) is 28.7 Å². The molecule has 0 N–H and O–H groups in total. The van der Waals surface area contributed by atoms with Crippen molar-refractivity contribution in [1.82, 2.24) is 4.98 Å². The molecule has 1 rings (SSSR count). The van der Waals surface area contributed by atoms with Gasteiger partial charge < -0.3 is 0 Å². The second-order valence-electron chi connectivity index (χ2n) is 2.67. The molecule has 1 heterocycles. The van der Waals surface area contributed by atoms with Crippen molar-refractivity contribution in [3.8, 4) is 6.07 Å².